The molecule has 1 saturated heterocycles. The number of nitro groups is 1. The fourth-order valence-corrected chi connectivity index (χ4v) is 3.81. The lowest BCUT2D eigenvalue weighted by molar-refractivity contribution is -0.385. The third-order valence-electron chi connectivity index (χ3n) is 5.82. The first-order valence-corrected chi connectivity index (χ1v) is 10.8. The molecule has 2 aliphatic rings. The van der Waals surface area contributed by atoms with Gasteiger partial charge in [0, 0.05) is 54.7 Å². The number of hydrogen-bond acceptors (Lipinski definition) is 6. The van der Waals surface area contributed by atoms with Gasteiger partial charge in [0.25, 0.3) is 17.5 Å². The fourth-order valence-electron chi connectivity index (χ4n) is 3.81. The Morgan fingerprint density at radius 2 is 1.94 bits per heavy atom. The van der Waals surface area contributed by atoms with E-state index in [1.165, 1.54) is 6.07 Å². The van der Waals surface area contributed by atoms with Crippen molar-refractivity contribution in [2.24, 2.45) is 0 Å². The molecule has 0 unspecified atom stereocenters. The lowest BCUT2D eigenvalue weighted by atomic mass is 10.1. The molecule has 1 saturated carbocycles. The van der Waals surface area contributed by atoms with Crippen LogP contribution in [0.5, 0.6) is 0 Å². The highest BCUT2D eigenvalue weighted by atomic mass is 16.6. The minimum Gasteiger partial charge on any atom is -0.369 e. The predicted molar refractivity (Wildman–Crippen MR) is 122 cm³/mol. The molecule has 0 aromatic heterocycles. The minimum absolute atomic E-state index is 0.00841. The number of piperazine rings is 1. The number of anilines is 2. The van der Waals surface area contributed by atoms with Gasteiger partial charge >= 0.3 is 0 Å². The van der Waals surface area contributed by atoms with Crippen LogP contribution in [0.4, 0.5) is 17.1 Å². The summed E-state index contributed by atoms with van der Waals surface area (Å²) >= 11 is 0. The zero-order valence-electron chi connectivity index (χ0n) is 18.2. The van der Waals surface area contributed by atoms with E-state index in [4.69, 9.17) is 0 Å². The van der Waals surface area contributed by atoms with Crippen LogP contribution in [0.1, 0.15) is 46.0 Å². The van der Waals surface area contributed by atoms with Crippen molar-refractivity contribution in [1.82, 2.24) is 10.6 Å². The Balaban J connectivity index is 1.60. The van der Waals surface area contributed by atoms with Crippen LogP contribution in [0.2, 0.25) is 0 Å². The first-order valence-electron chi connectivity index (χ1n) is 10.8. The average Bonchev–Trinajstić information content (AvgIpc) is 3.58. The van der Waals surface area contributed by atoms with Gasteiger partial charge in [-0.3, -0.25) is 19.7 Å². The molecule has 1 aliphatic carbocycles. The molecule has 1 heterocycles. The van der Waals surface area contributed by atoms with Crippen molar-refractivity contribution in [1.29, 1.82) is 0 Å². The van der Waals surface area contributed by atoms with Gasteiger partial charge in [-0.2, -0.15) is 0 Å². The summed E-state index contributed by atoms with van der Waals surface area (Å²) in [5.74, 6) is -0.770. The van der Waals surface area contributed by atoms with Crippen LogP contribution in [0, 0.1) is 17.0 Å². The van der Waals surface area contributed by atoms with Gasteiger partial charge in [-0.15, -0.1) is 0 Å². The van der Waals surface area contributed by atoms with Gasteiger partial charge in [-0.25, -0.2) is 0 Å². The number of carbonyl (C=O) groups is 2. The predicted octanol–water partition coefficient (Wildman–Crippen LogP) is 2.85. The molecule has 4 rings (SSSR count). The summed E-state index contributed by atoms with van der Waals surface area (Å²) in [5.41, 5.74) is 2.16. The first-order chi connectivity index (χ1) is 15.3. The smallest absolute Gasteiger partial charge is 0.282 e. The van der Waals surface area contributed by atoms with Crippen LogP contribution in [-0.4, -0.2) is 48.5 Å². The molecule has 0 radical (unpaired) electrons. The quantitative estimate of drug-likeness (QED) is 0.473. The number of nitrogens with zero attached hydrogens (tertiary/aromatic N) is 2. The van der Waals surface area contributed by atoms with Crippen molar-refractivity contribution in [2.75, 3.05) is 29.9 Å². The lowest BCUT2D eigenvalue weighted by Gasteiger charge is -2.33. The summed E-state index contributed by atoms with van der Waals surface area (Å²) in [4.78, 5) is 38.6. The number of nitro benzene ring substituents is 1. The van der Waals surface area contributed by atoms with Crippen LogP contribution in [0.15, 0.2) is 36.4 Å². The Morgan fingerprint density at radius 1 is 1.16 bits per heavy atom. The third-order valence-corrected chi connectivity index (χ3v) is 5.82. The lowest BCUT2D eigenvalue weighted by Crippen LogP contribution is -2.49. The largest absolute Gasteiger partial charge is 0.369 e. The monoisotopic (exact) mass is 437 g/mol. The highest BCUT2D eigenvalue weighted by Gasteiger charge is 2.26. The molecular formula is C23H27N5O4. The zero-order chi connectivity index (χ0) is 22.8. The molecule has 2 aromatic carbocycles. The number of amides is 2. The van der Waals surface area contributed by atoms with Gasteiger partial charge in [0.2, 0.25) is 0 Å². The molecule has 9 heteroatoms. The van der Waals surface area contributed by atoms with Crippen molar-refractivity contribution in [3.8, 4) is 0 Å². The van der Waals surface area contributed by atoms with Crippen molar-refractivity contribution >= 4 is 28.9 Å². The molecule has 168 valence electrons. The van der Waals surface area contributed by atoms with E-state index in [9.17, 15) is 19.7 Å². The maximum absolute atomic E-state index is 13.1. The Kier molecular flexibility index (Phi) is 6.09. The summed E-state index contributed by atoms with van der Waals surface area (Å²) in [6, 6.07) is 10.2. The molecule has 9 nitrogen and oxygen atoms in total. The third kappa shape index (κ3) is 4.88. The highest BCUT2D eigenvalue weighted by Crippen LogP contribution is 2.28. The number of rotatable bonds is 6. The number of hydrogen-bond donors (Lipinski definition) is 3. The molecule has 3 N–H and O–H groups in total. The summed E-state index contributed by atoms with van der Waals surface area (Å²) in [6.45, 7) is 6.18. The van der Waals surface area contributed by atoms with E-state index in [-0.39, 0.29) is 29.2 Å². The number of aryl methyl sites for hydroxylation is 1. The van der Waals surface area contributed by atoms with Gasteiger partial charge in [-0.1, -0.05) is 6.07 Å². The van der Waals surface area contributed by atoms with Crippen molar-refractivity contribution in [2.45, 2.75) is 38.8 Å². The van der Waals surface area contributed by atoms with Gasteiger partial charge in [0.15, 0.2) is 0 Å². The molecule has 2 aromatic rings. The standard InChI is InChI=1S/C23H27N5O4/c1-14-3-4-16(22(29)25-17-5-6-17)11-20(14)26-23(30)19-12-18(7-8-21(19)28(31)32)27-10-9-24-15(2)13-27/h3-4,7-8,11-12,15,17,24H,5-6,9-10,13H2,1-2H3,(H,25,29)(H,26,30)/t15-/m1/s1. The summed E-state index contributed by atoms with van der Waals surface area (Å²) in [7, 11) is 0. The number of nitrogens with one attached hydrogen (secondary N) is 3. The molecule has 0 spiro atoms. The second-order valence-electron chi connectivity index (χ2n) is 8.49. The van der Waals surface area contributed by atoms with Gasteiger partial charge in [0.05, 0.1) is 4.92 Å². The van der Waals surface area contributed by atoms with Crippen molar-refractivity contribution in [3.63, 3.8) is 0 Å². The van der Waals surface area contributed by atoms with E-state index < -0.39 is 10.8 Å². The van der Waals surface area contributed by atoms with Crippen molar-refractivity contribution < 1.29 is 14.5 Å². The Labute approximate surface area is 186 Å². The second kappa shape index (κ2) is 8.96. The normalized spacial score (nSPS) is 18.2. The molecule has 32 heavy (non-hydrogen) atoms. The Morgan fingerprint density at radius 3 is 2.62 bits per heavy atom. The SMILES string of the molecule is Cc1ccc(C(=O)NC2CC2)cc1NC(=O)c1cc(N2CCN[C@H](C)C2)ccc1[N+](=O)[O-]. The number of carbonyl (C=O) groups excluding carboxylic acids is 2. The molecular weight excluding hydrogens is 410 g/mol. The molecule has 2 fully saturated rings. The maximum Gasteiger partial charge on any atom is 0.282 e. The van der Waals surface area contributed by atoms with Crippen LogP contribution < -0.4 is 20.9 Å². The number of benzene rings is 2. The molecule has 0 bridgehead atoms. The van der Waals surface area contributed by atoms with E-state index in [0.717, 1.165) is 43.7 Å². The van der Waals surface area contributed by atoms with E-state index in [1.54, 1.807) is 30.3 Å². The Hall–Kier alpha value is -3.46. The van der Waals surface area contributed by atoms with Gasteiger partial charge in [0.1, 0.15) is 5.56 Å². The van der Waals surface area contributed by atoms with E-state index >= 15 is 0 Å². The fraction of sp³-hybridized carbons (Fsp3) is 0.391. The van der Waals surface area contributed by atoms with Gasteiger partial charge in [-0.05, 0) is 56.5 Å². The highest BCUT2D eigenvalue weighted by molar-refractivity contribution is 6.08. The second-order valence-corrected chi connectivity index (χ2v) is 8.49. The molecule has 1 aliphatic heterocycles. The van der Waals surface area contributed by atoms with Crippen LogP contribution in [0.25, 0.3) is 0 Å². The van der Waals surface area contributed by atoms with E-state index in [0.29, 0.717) is 11.3 Å². The molecule has 1 atom stereocenters. The summed E-state index contributed by atoms with van der Waals surface area (Å²) in [5, 5.41) is 20.6. The van der Waals surface area contributed by atoms with E-state index in [1.807, 2.05) is 6.92 Å². The van der Waals surface area contributed by atoms with Crippen LogP contribution in [-0.2, 0) is 0 Å². The van der Waals surface area contributed by atoms with Crippen LogP contribution in [0.3, 0.4) is 0 Å². The summed E-state index contributed by atoms with van der Waals surface area (Å²) < 4.78 is 0. The maximum atomic E-state index is 13.1. The Bertz CT molecular complexity index is 1070. The van der Waals surface area contributed by atoms with Crippen LogP contribution >= 0.6 is 0 Å². The zero-order valence-corrected chi connectivity index (χ0v) is 18.2. The summed E-state index contributed by atoms with van der Waals surface area (Å²) in [6.07, 6.45) is 1.96. The first kappa shape index (κ1) is 21.8. The van der Waals surface area contributed by atoms with Crippen molar-refractivity contribution in [3.05, 3.63) is 63.2 Å². The minimum atomic E-state index is -0.579. The topological polar surface area (TPSA) is 117 Å². The van der Waals surface area contributed by atoms with Gasteiger partial charge < -0.3 is 20.9 Å². The van der Waals surface area contributed by atoms with E-state index in [2.05, 4.69) is 27.8 Å². The average molecular weight is 438 g/mol. The molecule has 2 amide bonds.